The highest BCUT2D eigenvalue weighted by Gasteiger charge is 2.35. The summed E-state index contributed by atoms with van der Waals surface area (Å²) in [6, 6.07) is 14.5. The molecule has 2 nitrogen and oxygen atoms in total. The van der Waals surface area contributed by atoms with E-state index in [1.165, 1.54) is 10.8 Å². The Morgan fingerprint density at radius 2 is 2.00 bits per heavy atom. The van der Waals surface area contributed by atoms with Crippen LogP contribution in [-0.4, -0.2) is 17.8 Å². The van der Waals surface area contributed by atoms with Gasteiger partial charge in [-0.1, -0.05) is 43.3 Å². The second-order valence-corrected chi connectivity index (χ2v) is 5.45. The van der Waals surface area contributed by atoms with E-state index in [0.717, 1.165) is 12.0 Å². The maximum atomic E-state index is 10.9. The summed E-state index contributed by atoms with van der Waals surface area (Å²) in [6.45, 7) is 2.75. The average molecular weight is 256 g/mol. The molecule has 1 aliphatic rings. The number of ether oxygens (including phenoxy) is 1. The van der Waals surface area contributed by atoms with Gasteiger partial charge in [-0.3, -0.25) is 0 Å². The van der Waals surface area contributed by atoms with E-state index in [-0.39, 0.29) is 6.10 Å². The first-order chi connectivity index (χ1) is 9.21. The SMILES string of the molecule is CCC1CC(O)(c2ccc3ccccc3c2)CCO1. The Balaban J connectivity index is 1.98. The fourth-order valence-electron chi connectivity index (χ4n) is 2.94. The van der Waals surface area contributed by atoms with Gasteiger partial charge in [0.15, 0.2) is 0 Å². The largest absolute Gasteiger partial charge is 0.385 e. The molecule has 19 heavy (non-hydrogen) atoms. The predicted molar refractivity (Wildman–Crippen MR) is 77.1 cm³/mol. The molecular formula is C17H20O2. The highest BCUT2D eigenvalue weighted by atomic mass is 16.5. The van der Waals surface area contributed by atoms with E-state index < -0.39 is 5.60 Å². The van der Waals surface area contributed by atoms with Crippen molar-refractivity contribution in [2.75, 3.05) is 6.61 Å². The Morgan fingerprint density at radius 1 is 1.21 bits per heavy atom. The van der Waals surface area contributed by atoms with Crippen LogP contribution in [0.15, 0.2) is 42.5 Å². The third-order valence-electron chi connectivity index (χ3n) is 4.18. The smallest absolute Gasteiger partial charge is 0.0943 e. The van der Waals surface area contributed by atoms with Crippen LogP contribution in [-0.2, 0) is 10.3 Å². The summed E-state index contributed by atoms with van der Waals surface area (Å²) < 4.78 is 5.67. The molecule has 3 rings (SSSR count). The predicted octanol–water partition coefficient (Wildman–Crippen LogP) is 3.62. The Labute approximate surface area is 114 Å². The van der Waals surface area contributed by atoms with Gasteiger partial charge in [0.05, 0.1) is 18.3 Å². The second-order valence-electron chi connectivity index (χ2n) is 5.45. The lowest BCUT2D eigenvalue weighted by atomic mass is 9.82. The molecule has 2 aromatic rings. The van der Waals surface area contributed by atoms with Crippen LogP contribution in [0.4, 0.5) is 0 Å². The van der Waals surface area contributed by atoms with E-state index in [0.29, 0.717) is 19.4 Å². The number of hydrogen-bond acceptors (Lipinski definition) is 2. The molecule has 0 aliphatic carbocycles. The number of aliphatic hydroxyl groups is 1. The van der Waals surface area contributed by atoms with Crippen LogP contribution in [0.2, 0.25) is 0 Å². The van der Waals surface area contributed by atoms with E-state index >= 15 is 0 Å². The highest BCUT2D eigenvalue weighted by molar-refractivity contribution is 5.83. The van der Waals surface area contributed by atoms with Crippen molar-refractivity contribution in [2.24, 2.45) is 0 Å². The zero-order chi connectivity index (χ0) is 13.3. The molecule has 1 fully saturated rings. The van der Waals surface area contributed by atoms with Gasteiger partial charge in [-0.15, -0.1) is 0 Å². The summed E-state index contributed by atoms with van der Waals surface area (Å²) in [5.41, 5.74) is 0.288. The molecular weight excluding hydrogens is 236 g/mol. The fraction of sp³-hybridized carbons (Fsp3) is 0.412. The standard InChI is InChI=1S/C17H20O2/c1-2-16-12-17(18,9-10-19-16)15-8-7-13-5-3-4-6-14(13)11-15/h3-8,11,16,18H,2,9-10,12H2,1H3. The molecule has 1 heterocycles. The van der Waals surface area contributed by atoms with Crippen LogP contribution < -0.4 is 0 Å². The van der Waals surface area contributed by atoms with Crippen LogP contribution in [0.5, 0.6) is 0 Å². The molecule has 0 radical (unpaired) electrons. The van der Waals surface area contributed by atoms with Crippen LogP contribution in [0.1, 0.15) is 31.7 Å². The molecule has 0 aromatic heterocycles. The lowest BCUT2D eigenvalue weighted by Crippen LogP contribution is -2.38. The summed E-state index contributed by atoms with van der Waals surface area (Å²) >= 11 is 0. The molecule has 1 saturated heterocycles. The topological polar surface area (TPSA) is 29.5 Å². The molecule has 2 heteroatoms. The van der Waals surface area contributed by atoms with Gasteiger partial charge in [-0.05, 0) is 28.8 Å². The van der Waals surface area contributed by atoms with Crippen molar-refractivity contribution in [1.82, 2.24) is 0 Å². The normalized spacial score (nSPS) is 27.6. The van der Waals surface area contributed by atoms with Crippen molar-refractivity contribution in [3.8, 4) is 0 Å². The number of fused-ring (bicyclic) bond motifs is 1. The minimum absolute atomic E-state index is 0.172. The average Bonchev–Trinajstić information content (AvgIpc) is 2.46. The number of hydrogen-bond donors (Lipinski definition) is 1. The third kappa shape index (κ3) is 2.38. The van der Waals surface area contributed by atoms with Gasteiger partial charge in [0.25, 0.3) is 0 Å². The molecule has 0 spiro atoms. The Bertz CT molecular complexity index is 578. The van der Waals surface area contributed by atoms with Crippen molar-refractivity contribution in [1.29, 1.82) is 0 Å². The first kappa shape index (κ1) is 12.6. The first-order valence-electron chi connectivity index (χ1n) is 7.04. The van der Waals surface area contributed by atoms with E-state index in [9.17, 15) is 5.11 Å². The molecule has 1 aliphatic heterocycles. The molecule has 0 saturated carbocycles. The third-order valence-corrected chi connectivity index (χ3v) is 4.18. The Kier molecular flexibility index (Phi) is 3.29. The summed E-state index contributed by atoms with van der Waals surface area (Å²) in [6.07, 6.45) is 2.50. The van der Waals surface area contributed by atoms with Crippen LogP contribution in [0.3, 0.4) is 0 Å². The molecule has 0 amide bonds. The molecule has 100 valence electrons. The molecule has 2 aromatic carbocycles. The van der Waals surface area contributed by atoms with Crippen LogP contribution in [0.25, 0.3) is 10.8 Å². The summed E-state index contributed by atoms with van der Waals surface area (Å²) in [5.74, 6) is 0. The second kappa shape index (κ2) is 4.95. The van der Waals surface area contributed by atoms with E-state index in [1.807, 2.05) is 12.1 Å². The van der Waals surface area contributed by atoms with E-state index in [2.05, 4.69) is 37.3 Å². The van der Waals surface area contributed by atoms with Gasteiger partial charge < -0.3 is 9.84 Å². The maximum absolute atomic E-state index is 10.9. The van der Waals surface area contributed by atoms with Gasteiger partial charge in [0.2, 0.25) is 0 Å². The summed E-state index contributed by atoms with van der Waals surface area (Å²) in [5, 5.41) is 13.3. The van der Waals surface area contributed by atoms with Gasteiger partial charge >= 0.3 is 0 Å². The minimum Gasteiger partial charge on any atom is -0.385 e. The highest BCUT2D eigenvalue weighted by Crippen LogP contribution is 2.36. The minimum atomic E-state index is -0.733. The van der Waals surface area contributed by atoms with Crippen molar-refractivity contribution < 1.29 is 9.84 Å². The van der Waals surface area contributed by atoms with Crippen LogP contribution >= 0.6 is 0 Å². The summed E-state index contributed by atoms with van der Waals surface area (Å²) in [7, 11) is 0. The molecule has 2 atom stereocenters. The number of rotatable bonds is 2. The van der Waals surface area contributed by atoms with Crippen LogP contribution in [0, 0.1) is 0 Å². The Hall–Kier alpha value is -1.38. The zero-order valence-corrected chi connectivity index (χ0v) is 11.3. The van der Waals surface area contributed by atoms with Crippen molar-refractivity contribution in [3.05, 3.63) is 48.0 Å². The van der Waals surface area contributed by atoms with Gasteiger partial charge in [0.1, 0.15) is 0 Å². The zero-order valence-electron chi connectivity index (χ0n) is 11.3. The maximum Gasteiger partial charge on any atom is 0.0943 e. The first-order valence-corrected chi connectivity index (χ1v) is 7.04. The van der Waals surface area contributed by atoms with Crippen molar-refractivity contribution in [3.63, 3.8) is 0 Å². The van der Waals surface area contributed by atoms with E-state index in [4.69, 9.17) is 4.74 Å². The molecule has 1 N–H and O–H groups in total. The van der Waals surface area contributed by atoms with Crippen molar-refractivity contribution >= 4 is 10.8 Å². The van der Waals surface area contributed by atoms with Gasteiger partial charge in [-0.2, -0.15) is 0 Å². The quantitative estimate of drug-likeness (QED) is 0.889. The molecule has 0 bridgehead atoms. The van der Waals surface area contributed by atoms with Crippen molar-refractivity contribution in [2.45, 2.75) is 37.9 Å². The lowest BCUT2D eigenvalue weighted by Gasteiger charge is -2.37. The van der Waals surface area contributed by atoms with Gasteiger partial charge in [0, 0.05) is 12.8 Å². The van der Waals surface area contributed by atoms with E-state index in [1.54, 1.807) is 0 Å². The summed E-state index contributed by atoms with van der Waals surface area (Å²) in [4.78, 5) is 0. The fourth-order valence-corrected chi connectivity index (χ4v) is 2.94. The van der Waals surface area contributed by atoms with Gasteiger partial charge in [-0.25, -0.2) is 0 Å². The Morgan fingerprint density at radius 3 is 2.79 bits per heavy atom. The monoisotopic (exact) mass is 256 g/mol. The molecule has 2 unspecified atom stereocenters. The number of benzene rings is 2. The lowest BCUT2D eigenvalue weighted by molar-refractivity contribution is -0.108.